The normalized spacial score (nSPS) is 10.6. The molecule has 0 aliphatic rings. The predicted octanol–water partition coefficient (Wildman–Crippen LogP) is 5.03. The van der Waals surface area contributed by atoms with E-state index in [1.165, 1.54) is 16.9 Å². The van der Waals surface area contributed by atoms with Gasteiger partial charge in [-0.25, -0.2) is 9.97 Å². The molecule has 0 saturated carbocycles. The van der Waals surface area contributed by atoms with E-state index in [-0.39, 0.29) is 24.9 Å². The molecule has 0 bridgehead atoms. The molecule has 2 aromatic heterocycles. The number of carbonyl (C=O) groups excluding carboxylic acids is 1. The molecule has 0 spiro atoms. The lowest BCUT2D eigenvalue weighted by Gasteiger charge is -2.20. The van der Waals surface area contributed by atoms with Gasteiger partial charge in [-0.2, -0.15) is 0 Å². The zero-order chi connectivity index (χ0) is 20.9. The van der Waals surface area contributed by atoms with Gasteiger partial charge in [0.05, 0.1) is 16.5 Å². The first-order chi connectivity index (χ1) is 14.6. The second-order valence-electron chi connectivity index (χ2n) is 7.22. The summed E-state index contributed by atoms with van der Waals surface area (Å²) in [7, 11) is 0. The number of hydrogen-bond donors (Lipinski definition) is 0. The van der Waals surface area contributed by atoms with Gasteiger partial charge in [0.2, 0.25) is 0 Å². The van der Waals surface area contributed by atoms with Crippen molar-refractivity contribution in [2.45, 2.75) is 26.8 Å². The predicted molar refractivity (Wildman–Crippen MR) is 127 cm³/mol. The van der Waals surface area contributed by atoms with Gasteiger partial charge in [0, 0.05) is 25.5 Å². The van der Waals surface area contributed by atoms with E-state index in [1.807, 2.05) is 54.1 Å². The Morgan fingerprint density at radius 2 is 2.03 bits per heavy atom. The Balaban J connectivity index is 0.00000272. The molecule has 0 unspecified atom stereocenters. The minimum absolute atomic E-state index is 0. The summed E-state index contributed by atoms with van der Waals surface area (Å²) in [5.41, 5.74) is 3.10. The fourth-order valence-corrected chi connectivity index (χ4v) is 4.34. The third-order valence-electron chi connectivity index (χ3n) is 4.87. The van der Waals surface area contributed by atoms with E-state index in [1.54, 1.807) is 17.4 Å². The van der Waals surface area contributed by atoms with Gasteiger partial charge < -0.3 is 9.30 Å². The van der Waals surface area contributed by atoms with Gasteiger partial charge in [0.25, 0.3) is 5.91 Å². The Kier molecular flexibility index (Phi) is 7.65. The molecular formula is C23H25ClN4O2S. The quantitative estimate of drug-likeness (QED) is 0.373. The van der Waals surface area contributed by atoms with Gasteiger partial charge in [-0.05, 0) is 49.6 Å². The van der Waals surface area contributed by atoms with Crippen LogP contribution in [0.15, 0.2) is 61.2 Å². The van der Waals surface area contributed by atoms with E-state index in [0.717, 1.165) is 34.5 Å². The molecule has 0 radical (unpaired) electrons. The minimum Gasteiger partial charge on any atom is -0.483 e. The first kappa shape index (κ1) is 22.8. The van der Waals surface area contributed by atoms with Gasteiger partial charge >= 0.3 is 0 Å². The van der Waals surface area contributed by atoms with E-state index >= 15 is 0 Å². The molecular weight excluding hydrogens is 432 g/mol. The largest absolute Gasteiger partial charge is 0.483 e. The summed E-state index contributed by atoms with van der Waals surface area (Å²) < 4.78 is 8.91. The van der Waals surface area contributed by atoms with Crippen molar-refractivity contribution in [3.63, 3.8) is 0 Å². The molecule has 0 aliphatic carbocycles. The van der Waals surface area contributed by atoms with Gasteiger partial charge in [-0.3, -0.25) is 9.69 Å². The molecule has 2 aromatic carbocycles. The molecule has 2 heterocycles. The average Bonchev–Trinajstić information content (AvgIpc) is 3.39. The van der Waals surface area contributed by atoms with Crippen LogP contribution in [0, 0.1) is 13.8 Å². The summed E-state index contributed by atoms with van der Waals surface area (Å²) in [4.78, 5) is 23.6. The number of imidazole rings is 1. The van der Waals surface area contributed by atoms with Crippen molar-refractivity contribution in [1.82, 2.24) is 14.5 Å². The Bertz CT molecular complexity index is 1140. The molecule has 6 nitrogen and oxygen atoms in total. The van der Waals surface area contributed by atoms with E-state index in [0.29, 0.717) is 11.7 Å². The Morgan fingerprint density at radius 1 is 1.19 bits per heavy atom. The van der Waals surface area contributed by atoms with Crippen LogP contribution in [0.5, 0.6) is 5.75 Å². The molecule has 0 aliphatic heterocycles. The zero-order valence-corrected chi connectivity index (χ0v) is 19.2. The number of amides is 1. The monoisotopic (exact) mass is 456 g/mol. The number of halogens is 1. The van der Waals surface area contributed by atoms with Crippen LogP contribution in [-0.2, 0) is 11.3 Å². The number of aromatic nitrogens is 3. The summed E-state index contributed by atoms with van der Waals surface area (Å²) in [6.07, 6.45) is 6.26. The van der Waals surface area contributed by atoms with Crippen molar-refractivity contribution < 1.29 is 9.53 Å². The highest BCUT2D eigenvalue weighted by Gasteiger charge is 2.20. The van der Waals surface area contributed by atoms with E-state index in [4.69, 9.17) is 9.72 Å². The molecule has 0 saturated heterocycles. The molecule has 0 N–H and O–H groups in total. The van der Waals surface area contributed by atoms with Gasteiger partial charge in [-0.15, -0.1) is 12.4 Å². The number of benzene rings is 2. The van der Waals surface area contributed by atoms with Crippen LogP contribution in [0.3, 0.4) is 0 Å². The van der Waals surface area contributed by atoms with E-state index in [9.17, 15) is 4.79 Å². The third-order valence-corrected chi connectivity index (χ3v) is 5.91. The van der Waals surface area contributed by atoms with E-state index in [2.05, 4.69) is 18.0 Å². The number of ether oxygens (including phenoxy) is 1. The maximum absolute atomic E-state index is 13.1. The molecule has 4 aromatic rings. The van der Waals surface area contributed by atoms with Crippen molar-refractivity contribution in [2.75, 3.05) is 18.1 Å². The second-order valence-corrected chi connectivity index (χ2v) is 8.23. The van der Waals surface area contributed by atoms with E-state index < -0.39 is 0 Å². The van der Waals surface area contributed by atoms with Gasteiger partial charge in [-0.1, -0.05) is 35.6 Å². The number of carbonyl (C=O) groups is 1. The summed E-state index contributed by atoms with van der Waals surface area (Å²) >= 11 is 1.54. The number of hydrogen-bond acceptors (Lipinski definition) is 5. The van der Waals surface area contributed by atoms with Crippen LogP contribution in [-0.4, -0.2) is 33.6 Å². The van der Waals surface area contributed by atoms with Crippen molar-refractivity contribution >= 4 is 45.0 Å². The van der Waals surface area contributed by atoms with Crippen LogP contribution in [0.25, 0.3) is 10.2 Å². The number of aryl methyl sites for hydroxylation is 3. The average molecular weight is 457 g/mol. The molecule has 162 valence electrons. The molecule has 31 heavy (non-hydrogen) atoms. The summed E-state index contributed by atoms with van der Waals surface area (Å²) in [5, 5.41) is 0.708. The number of para-hydroxylation sites is 1. The minimum atomic E-state index is -0.0975. The van der Waals surface area contributed by atoms with Gasteiger partial charge in [0.1, 0.15) is 5.75 Å². The van der Waals surface area contributed by atoms with Crippen LogP contribution in [0.1, 0.15) is 17.5 Å². The number of fused-ring (bicyclic) bond motifs is 1. The van der Waals surface area contributed by atoms with Crippen molar-refractivity contribution in [3.8, 4) is 5.75 Å². The Hall–Kier alpha value is -2.90. The fourth-order valence-electron chi connectivity index (χ4n) is 3.23. The lowest BCUT2D eigenvalue weighted by Crippen LogP contribution is -2.36. The number of nitrogens with zero attached hydrogens (tertiary/aromatic N) is 4. The summed E-state index contributed by atoms with van der Waals surface area (Å²) in [6, 6.07) is 13.9. The van der Waals surface area contributed by atoms with Crippen molar-refractivity contribution in [2.24, 2.45) is 0 Å². The van der Waals surface area contributed by atoms with Crippen LogP contribution >= 0.6 is 23.7 Å². The van der Waals surface area contributed by atoms with Crippen molar-refractivity contribution in [3.05, 3.63) is 72.3 Å². The Morgan fingerprint density at radius 3 is 2.81 bits per heavy atom. The standard InChI is InChI=1S/C23H24N4O2S.ClH/c1-17-8-9-19-21(14-17)30-23(25-19)27(12-5-11-26-13-10-24-16-26)22(28)15-29-20-7-4-3-6-18(20)2;/h3-4,6-10,13-14,16H,5,11-12,15H2,1-2H3;1H. The number of rotatable bonds is 8. The molecule has 0 fully saturated rings. The SMILES string of the molecule is Cc1ccc2nc(N(CCCn3ccnc3)C(=O)COc3ccccc3C)sc2c1.Cl. The first-order valence-corrected chi connectivity index (χ1v) is 10.7. The van der Waals surface area contributed by atoms with Crippen molar-refractivity contribution in [1.29, 1.82) is 0 Å². The number of anilines is 1. The highest BCUT2D eigenvalue weighted by atomic mass is 35.5. The summed E-state index contributed by atoms with van der Waals surface area (Å²) in [6.45, 7) is 5.35. The lowest BCUT2D eigenvalue weighted by atomic mass is 10.2. The van der Waals surface area contributed by atoms with Gasteiger partial charge in [0.15, 0.2) is 11.7 Å². The smallest absolute Gasteiger partial charge is 0.266 e. The highest BCUT2D eigenvalue weighted by molar-refractivity contribution is 7.22. The second kappa shape index (κ2) is 10.4. The maximum atomic E-state index is 13.1. The highest BCUT2D eigenvalue weighted by Crippen LogP contribution is 2.30. The third kappa shape index (κ3) is 5.62. The molecule has 4 rings (SSSR count). The van der Waals surface area contributed by atoms with Crippen LogP contribution < -0.4 is 9.64 Å². The zero-order valence-electron chi connectivity index (χ0n) is 17.5. The van der Waals surface area contributed by atoms with Crippen LogP contribution in [0.2, 0.25) is 0 Å². The van der Waals surface area contributed by atoms with Crippen LogP contribution in [0.4, 0.5) is 5.13 Å². The lowest BCUT2D eigenvalue weighted by molar-refractivity contribution is -0.120. The maximum Gasteiger partial charge on any atom is 0.266 e. The first-order valence-electron chi connectivity index (χ1n) is 9.92. The summed E-state index contributed by atoms with van der Waals surface area (Å²) in [5.74, 6) is 0.629. The Labute approximate surface area is 191 Å². The fraction of sp³-hybridized carbons (Fsp3) is 0.261. The molecule has 8 heteroatoms. The molecule has 1 amide bonds. The number of thiazole rings is 1. The molecule has 0 atom stereocenters. The topological polar surface area (TPSA) is 60.2 Å².